The lowest BCUT2D eigenvalue weighted by Gasteiger charge is -2.14. The van der Waals surface area contributed by atoms with Crippen LogP contribution in [0.4, 0.5) is 26.6 Å². The molecule has 0 saturated heterocycles. The van der Waals surface area contributed by atoms with Crippen LogP contribution in [0.1, 0.15) is 5.69 Å². The van der Waals surface area contributed by atoms with Crippen molar-refractivity contribution in [2.75, 3.05) is 42.7 Å². The van der Waals surface area contributed by atoms with Crippen molar-refractivity contribution in [1.82, 2.24) is 15.3 Å². The SMILES string of the molecule is Cc1cc(N(C)C)nc(NCCNC(=O)Nc2ccccc2F)n1. The molecule has 0 fully saturated rings. The zero-order valence-corrected chi connectivity index (χ0v) is 13.9. The Morgan fingerprint density at radius 3 is 2.67 bits per heavy atom. The third-order valence-electron chi connectivity index (χ3n) is 3.11. The van der Waals surface area contributed by atoms with E-state index in [1.165, 1.54) is 12.1 Å². The predicted molar refractivity (Wildman–Crippen MR) is 93.0 cm³/mol. The molecule has 24 heavy (non-hydrogen) atoms. The number of carbonyl (C=O) groups excluding carboxylic acids is 1. The maximum Gasteiger partial charge on any atom is 0.319 e. The first-order valence-electron chi connectivity index (χ1n) is 7.52. The number of hydrogen-bond donors (Lipinski definition) is 3. The molecule has 0 radical (unpaired) electrons. The van der Waals surface area contributed by atoms with Crippen LogP contribution in [0.25, 0.3) is 0 Å². The molecular weight excluding hydrogens is 311 g/mol. The Morgan fingerprint density at radius 1 is 1.21 bits per heavy atom. The molecule has 2 aromatic rings. The van der Waals surface area contributed by atoms with Gasteiger partial charge in [0.1, 0.15) is 11.6 Å². The van der Waals surface area contributed by atoms with E-state index < -0.39 is 11.8 Å². The number of urea groups is 1. The van der Waals surface area contributed by atoms with E-state index in [1.54, 1.807) is 12.1 Å². The molecule has 2 amide bonds. The molecule has 128 valence electrons. The van der Waals surface area contributed by atoms with E-state index in [0.29, 0.717) is 19.0 Å². The Balaban J connectivity index is 1.79. The van der Waals surface area contributed by atoms with E-state index >= 15 is 0 Å². The van der Waals surface area contributed by atoms with E-state index in [1.807, 2.05) is 32.0 Å². The summed E-state index contributed by atoms with van der Waals surface area (Å²) in [5.41, 5.74) is 0.988. The van der Waals surface area contributed by atoms with Crippen molar-refractivity contribution in [3.05, 3.63) is 41.8 Å². The number of nitrogens with one attached hydrogen (secondary N) is 3. The largest absolute Gasteiger partial charge is 0.363 e. The van der Waals surface area contributed by atoms with Gasteiger partial charge in [-0.1, -0.05) is 12.1 Å². The van der Waals surface area contributed by atoms with Gasteiger partial charge in [0.05, 0.1) is 5.69 Å². The molecule has 0 unspecified atom stereocenters. The molecule has 3 N–H and O–H groups in total. The van der Waals surface area contributed by atoms with Crippen LogP contribution in [-0.2, 0) is 0 Å². The average Bonchev–Trinajstić information content (AvgIpc) is 2.53. The van der Waals surface area contributed by atoms with Crippen LogP contribution in [0.2, 0.25) is 0 Å². The molecule has 7 nitrogen and oxygen atoms in total. The first kappa shape index (κ1) is 17.5. The standard InChI is InChI=1S/C16H21FN6O/c1-11-10-14(23(2)3)22-15(20-11)18-8-9-19-16(24)21-13-7-5-4-6-12(13)17/h4-7,10H,8-9H2,1-3H3,(H,18,20,22)(H2,19,21,24). The smallest absolute Gasteiger partial charge is 0.319 e. The molecule has 0 aliphatic rings. The van der Waals surface area contributed by atoms with E-state index in [0.717, 1.165) is 11.5 Å². The molecular formula is C16H21FN6O. The molecule has 1 aromatic carbocycles. The normalized spacial score (nSPS) is 10.2. The highest BCUT2D eigenvalue weighted by atomic mass is 19.1. The molecule has 0 spiro atoms. The lowest BCUT2D eigenvalue weighted by molar-refractivity contribution is 0.252. The summed E-state index contributed by atoms with van der Waals surface area (Å²) in [6.45, 7) is 2.68. The van der Waals surface area contributed by atoms with Crippen molar-refractivity contribution >= 4 is 23.5 Å². The van der Waals surface area contributed by atoms with Crippen LogP contribution < -0.4 is 20.9 Å². The third-order valence-corrected chi connectivity index (χ3v) is 3.11. The van der Waals surface area contributed by atoms with Crippen LogP contribution in [0, 0.1) is 12.7 Å². The van der Waals surface area contributed by atoms with Gasteiger partial charge in [-0.3, -0.25) is 0 Å². The molecule has 8 heteroatoms. The van der Waals surface area contributed by atoms with Gasteiger partial charge in [-0.15, -0.1) is 0 Å². The monoisotopic (exact) mass is 332 g/mol. The first-order valence-corrected chi connectivity index (χ1v) is 7.52. The van der Waals surface area contributed by atoms with Crippen LogP contribution in [-0.4, -0.2) is 43.2 Å². The second kappa shape index (κ2) is 8.09. The van der Waals surface area contributed by atoms with Crippen molar-refractivity contribution in [2.24, 2.45) is 0 Å². The number of amides is 2. The molecule has 0 aliphatic heterocycles. The average molecular weight is 332 g/mol. The minimum absolute atomic E-state index is 0.139. The Morgan fingerprint density at radius 2 is 1.96 bits per heavy atom. The highest BCUT2D eigenvalue weighted by molar-refractivity contribution is 5.89. The molecule has 2 rings (SSSR count). The minimum Gasteiger partial charge on any atom is -0.363 e. The summed E-state index contributed by atoms with van der Waals surface area (Å²) in [6, 6.07) is 7.40. The number of benzene rings is 1. The third kappa shape index (κ3) is 5.08. The van der Waals surface area contributed by atoms with Crippen LogP contribution in [0.15, 0.2) is 30.3 Å². The number of aryl methyl sites for hydroxylation is 1. The molecule has 1 aromatic heterocycles. The number of halogens is 1. The number of aromatic nitrogens is 2. The molecule has 1 heterocycles. The van der Waals surface area contributed by atoms with E-state index in [9.17, 15) is 9.18 Å². The van der Waals surface area contributed by atoms with E-state index in [-0.39, 0.29) is 5.69 Å². The fourth-order valence-corrected chi connectivity index (χ4v) is 1.94. The highest BCUT2D eigenvalue weighted by Crippen LogP contribution is 2.12. The Hall–Kier alpha value is -2.90. The lowest BCUT2D eigenvalue weighted by atomic mass is 10.3. The second-order valence-electron chi connectivity index (χ2n) is 5.37. The fraction of sp³-hybridized carbons (Fsp3) is 0.312. The number of nitrogens with zero attached hydrogens (tertiary/aromatic N) is 3. The van der Waals surface area contributed by atoms with Crippen molar-refractivity contribution in [1.29, 1.82) is 0 Å². The summed E-state index contributed by atoms with van der Waals surface area (Å²) in [6.07, 6.45) is 0. The van der Waals surface area contributed by atoms with Gasteiger partial charge in [-0.25, -0.2) is 14.2 Å². The number of para-hydroxylation sites is 1. The Kier molecular flexibility index (Phi) is 5.89. The van der Waals surface area contributed by atoms with Crippen LogP contribution >= 0.6 is 0 Å². The van der Waals surface area contributed by atoms with Crippen molar-refractivity contribution in [2.45, 2.75) is 6.92 Å². The van der Waals surface area contributed by atoms with Gasteiger partial charge in [0.2, 0.25) is 5.95 Å². The summed E-state index contributed by atoms with van der Waals surface area (Å²) < 4.78 is 13.4. The molecule has 0 atom stereocenters. The molecule has 0 bridgehead atoms. The van der Waals surface area contributed by atoms with Gasteiger partial charge < -0.3 is 20.9 Å². The number of anilines is 3. The topological polar surface area (TPSA) is 82.2 Å². The van der Waals surface area contributed by atoms with Gasteiger partial charge in [0, 0.05) is 38.9 Å². The Bertz CT molecular complexity index is 707. The van der Waals surface area contributed by atoms with Gasteiger partial charge >= 0.3 is 6.03 Å². The zero-order chi connectivity index (χ0) is 17.5. The number of carbonyl (C=O) groups is 1. The fourth-order valence-electron chi connectivity index (χ4n) is 1.94. The van der Waals surface area contributed by atoms with E-state index in [4.69, 9.17) is 0 Å². The molecule has 0 saturated carbocycles. The zero-order valence-electron chi connectivity index (χ0n) is 13.9. The lowest BCUT2D eigenvalue weighted by Crippen LogP contribution is -2.33. The second-order valence-corrected chi connectivity index (χ2v) is 5.37. The van der Waals surface area contributed by atoms with Crippen molar-refractivity contribution in [3.8, 4) is 0 Å². The van der Waals surface area contributed by atoms with Crippen molar-refractivity contribution in [3.63, 3.8) is 0 Å². The van der Waals surface area contributed by atoms with Gasteiger partial charge in [0.25, 0.3) is 0 Å². The Labute approximate surface area is 140 Å². The highest BCUT2D eigenvalue weighted by Gasteiger charge is 2.06. The van der Waals surface area contributed by atoms with Crippen LogP contribution in [0.5, 0.6) is 0 Å². The summed E-state index contributed by atoms with van der Waals surface area (Å²) in [7, 11) is 3.81. The first-order chi connectivity index (χ1) is 11.5. The summed E-state index contributed by atoms with van der Waals surface area (Å²) in [4.78, 5) is 22.2. The minimum atomic E-state index is -0.477. The van der Waals surface area contributed by atoms with Crippen LogP contribution in [0.3, 0.4) is 0 Å². The van der Waals surface area contributed by atoms with Gasteiger partial charge in [0.15, 0.2) is 0 Å². The number of hydrogen-bond acceptors (Lipinski definition) is 5. The summed E-state index contributed by atoms with van der Waals surface area (Å²) in [5, 5.41) is 8.13. The maximum absolute atomic E-state index is 13.4. The van der Waals surface area contributed by atoms with Crippen molar-refractivity contribution < 1.29 is 9.18 Å². The quantitative estimate of drug-likeness (QED) is 0.707. The predicted octanol–water partition coefficient (Wildman–Crippen LogP) is 2.22. The summed E-state index contributed by atoms with van der Waals surface area (Å²) >= 11 is 0. The number of rotatable bonds is 6. The summed E-state index contributed by atoms with van der Waals surface area (Å²) in [5.74, 6) is 0.820. The van der Waals surface area contributed by atoms with Gasteiger partial charge in [-0.2, -0.15) is 4.98 Å². The molecule has 0 aliphatic carbocycles. The maximum atomic E-state index is 13.4. The van der Waals surface area contributed by atoms with E-state index in [2.05, 4.69) is 25.9 Å². The van der Waals surface area contributed by atoms with Gasteiger partial charge in [-0.05, 0) is 19.1 Å².